The van der Waals surface area contributed by atoms with Crippen molar-refractivity contribution in [3.05, 3.63) is 59.2 Å². The first-order valence-electron chi connectivity index (χ1n) is 6.80. The Bertz CT molecular complexity index is 544. The average molecular weight is 254 g/mol. The highest BCUT2D eigenvalue weighted by Crippen LogP contribution is 2.36. The largest absolute Gasteiger partial charge is 0.380 e. The molecular formula is C16H18N2O. The lowest BCUT2D eigenvalue weighted by Crippen LogP contribution is -2.09. The summed E-state index contributed by atoms with van der Waals surface area (Å²) in [5.41, 5.74) is 3.23. The highest BCUT2D eigenvalue weighted by molar-refractivity contribution is 5.30. The van der Waals surface area contributed by atoms with Crippen molar-refractivity contribution in [1.82, 2.24) is 9.97 Å². The number of rotatable bonds is 3. The number of aromatic nitrogens is 2. The van der Waals surface area contributed by atoms with Crippen LogP contribution in [0.3, 0.4) is 0 Å². The van der Waals surface area contributed by atoms with Crippen molar-refractivity contribution in [2.75, 3.05) is 0 Å². The second kappa shape index (κ2) is 5.10. The molecular weight excluding hydrogens is 236 g/mol. The molecule has 19 heavy (non-hydrogen) atoms. The fourth-order valence-electron chi connectivity index (χ4n) is 2.38. The standard InChI is InChI=1S/C16H18N2O/c1-11-9-17-16(18-10-11)15(19)14-7-5-13(6-8-14)12-3-2-4-12/h5-10,12,15,19H,2-4H2,1H3. The Balaban J connectivity index is 1.79. The molecule has 1 atom stereocenters. The predicted molar refractivity (Wildman–Crippen MR) is 73.9 cm³/mol. The second-order valence-electron chi connectivity index (χ2n) is 5.32. The zero-order chi connectivity index (χ0) is 13.2. The van der Waals surface area contributed by atoms with Crippen molar-refractivity contribution in [3.63, 3.8) is 0 Å². The van der Waals surface area contributed by atoms with Crippen LogP contribution in [0.4, 0.5) is 0 Å². The van der Waals surface area contributed by atoms with E-state index in [1.165, 1.54) is 24.8 Å². The molecule has 98 valence electrons. The Morgan fingerprint density at radius 3 is 2.26 bits per heavy atom. The van der Waals surface area contributed by atoms with Crippen LogP contribution < -0.4 is 0 Å². The van der Waals surface area contributed by atoms with Crippen molar-refractivity contribution < 1.29 is 5.11 Å². The van der Waals surface area contributed by atoms with Crippen LogP contribution in [0.15, 0.2) is 36.7 Å². The number of hydrogen-bond acceptors (Lipinski definition) is 3. The van der Waals surface area contributed by atoms with E-state index in [0.717, 1.165) is 17.0 Å². The molecule has 1 heterocycles. The summed E-state index contributed by atoms with van der Waals surface area (Å²) in [4.78, 5) is 8.36. The van der Waals surface area contributed by atoms with Crippen molar-refractivity contribution >= 4 is 0 Å². The van der Waals surface area contributed by atoms with E-state index in [9.17, 15) is 5.11 Å². The maximum Gasteiger partial charge on any atom is 0.161 e. The lowest BCUT2D eigenvalue weighted by molar-refractivity contribution is 0.209. The van der Waals surface area contributed by atoms with E-state index in [0.29, 0.717) is 5.82 Å². The Labute approximate surface area is 113 Å². The summed E-state index contributed by atoms with van der Waals surface area (Å²) >= 11 is 0. The summed E-state index contributed by atoms with van der Waals surface area (Å²) in [7, 11) is 0. The summed E-state index contributed by atoms with van der Waals surface area (Å²) < 4.78 is 0. The van der Waals surface area contributed by atoms with Crippen molar-refractivity contribution in [2.24, 2.45) is 0 Å². The molecule has 0 spiro atoms. The van der Waals surface area contributed by atoms with Gasteiger partial charge in [-0.15, -0.1) is 0 Å². The van der Waals surface area contributed by atoms with E-state index in [2.05, 4.69) is 22.1 Å². The van der Waals surface area contributed by atoms with Gasteiger partial charge in [-0.05, 0) is 42.4 Å². The molecule has 3 heteroatoms. The number of aryl methyl sites for hydroxylation is 1. The molecule has 1 aliphatic carbocycles. The number of aliphatic hydroxyl groups is 1. The maximum atomic E-state index is 10.3. The average Bonchev–Trinajstić information content (AvgIpc) is 2.38. The number of nitrogens with zero attached hydrogens (tertiary/aromatic N) is 2. The number of aliphatic hydroxyl groups excluding tert-OH is 1. The van der Waals surface area contributed by atoms with Crippen molar-refractivity contribution in [3.8, 4) is 0 Å². The fourth-order valence-corrected chi connectivity index (χ4v) is 2.38. The highest BCUT2D eigenvalue weighted by atomic mass is 16.3. The van der Waals surface area contributed by atoms with Crippen LogP contribution in [0, 0.1) is 6.92 Å². The van der Waals surface area contributed by atoms with Gasteiger partial charge in [-0.3, -0.25) is 0 Å². The molecule has 0 bridgehead atoms. The van der Waals surface area contributed by atoms with Crippen LogP contribution in [-0.4, -0.2) is 15.1 Å². The van der Waals surface area contributed by atoms with Gasteiger partial charge in [0.15, 0.2) is 5.82 Å². The molecule has 1 aliphatic rings. The van der Waals surface area contributed by atoms with Gasteiger partial charge in [-0.25, -0.2) is 9.97 Å². The first kappa shape index (κ1) is 12.3. The van der Waals surface area contributed by atoms with Gasteiger partial charge in [-0.1, -0.05) is 30.7 Å². The molecule has 2 aromatic rings. The van der Waals surface area contributed by atoms with Gasteiger partial charge in [-0.2, -0.15) is 0 Å². The van der Waals surface area contributed by atoms with Gasteiger partial charge in [0, 0.05) is 12.4 Å². The van der Waals surface area contributed by atoms with E-state index in [1.54, 1.807) is 12.4 Å². The fraction of sp³-hybridized carbons (Fsp3) is 0.375. The quantitative estimate of drug-likeness (QED) is 0.915. The highest BCUT2D eigenvalue weighted by Gasteiger charge is 2.20. The minimum atomic E-state index is -0.740. The number of hydrogen-bond donors (Lipinski definition) is 1. The molecule has 1 unspecified atom stereocenters. The Hall–Kier alpha value is -1.74. The van der Waals surface area contributed by atoms with Crippen LogP contribution in [0.5, 0.6) is 0 Å². The molecule has 1 saturated carbocycles. The van der Waals surface area contributed by atoms with Gasteiger partial charge >= 0.3 is 0 Å². The Morgan fingerprint density at radius 1 is 1.11 bits per heavy atom. The second-order valence-corrected chi connectivity index (χ2v) is 5.32. The van der Waals surface area contributed by atoms with Crippen LogP contribution >= 0.6 is 0 Å². The molecule has 0 saturated heterocycles. The minimum absolute atomic E-state index is 0.460. The Kier molecular flexibility index (Phi) is 3.30. The molecule has 1 aromatic heterocycles. The van der Waals surface area contributed by atoms with Gasteiger partial charge in [0.25, 0.3) is 0 Å². The van der Waals surface area contributed by atoms with E-state index >= 15 is 0 Å². The maximum absolute atomic E-state index is 10.3. The van der Waals surface area contributed by atoms with Crippen LogP contribution in [-0.2, 0) is 0 Å². The van der Waals surface area contributed by atoms with E-state index in [-0.39, 0.29) is 0 Å². The third kappa shape index (κ3) is 2.51. The van der Waals surface area contributed by atoms with Crippen LogP contribution in [0.1, 0.15) is 53.8 Å². The molecule has 1 aromatic carbocycles. The molecule has 0 radical (unpaired) electrons. The van der Waals surface area contributed by atoms with E-state index in [4.69, 9.17) is 0 Å². The summed E-state index contributed by atoms with van der Waals surface area (Å²) in [6, 6.07) is 8.22. The monoisotopic (exact) mass is 254 g/mol. The van der Waals surface area contributed by atoms with Crippen molar-refractivity contribution in [1.29, 1.82) is 0 Å². The third-order valence-corrected chi connectivity index (χ3v) is 3.87. The Morgan fingerprint density at radius 2 is 1.74 bits per heavy atom. The lowest BCUT2D eigenvalue weighted by Gasteiger charge is -2.26. The SMILES string of the molecule is Cc1cnc(C(O)c2ccc(C3CCC3)cc2)nc1. The minimum Gasteiger partial charge on any atom is -0.380 e. The van der Waals surface area contributed by atoms with E-state index in [1.807, 2.05) is 19.1 Å². The lowest BCUT2D eigenvalue weighted by atomic mass is 9.80. The topological polar surface area (TPSA) is 46.0 Å². The normalized spacial score (nSPS) is 16.9. The summed E-state index contributed by atoms with van der Waals surface area (Å²) in [5, 5.41) is 10.3. The molecule has 3 nitrogen and oxygen atoms in total. The summed E-state index contributed by atoms with van der Waals surface area (Å²) in [5.74, 6) is 1.18. The molecule has 0 aliphatic heterocycles. The van der Waals surface area contributed by atoms with Crippen LogP contribution in [0.2, 0.25) is 0 Å². The van der Waals surface area contributed by atoms with Gasteiger partial charge < -0.3 is 5.11 Å². The molecule has 0 amide bonds. The zero-order valence-electron chi connectivity index (χ0n) is 11.1. The van der Waals surface area contributed by atoms with Crippen molar-refractivity contribution in [2.45, 2.75) is 38.2 Å². The first-order valence-corrected chi connectivity index (χ1v) is 6.80. The van der Waals surface area contributed by atoms with Gasteiger partial charge in [0.1, 0.15) is 6.10 Å². The molecule has 1 fully saturated rings. The first-order chi connectivity index (χ1) is 9.24. The van der Waals surface area contributed by atoms with Gasteiger partial charge in [0.05, 0.1) is 0 Å². The predicted octanol–water partition coefficient (Wildman–Crippen LogP) is 3.13. The smallest absolute Gasteiger partial charge is 0.161 e. The molecule has 3 rings (SSSR count). The summed E-state index contributed by atoms with van der Waals surface area (Å²) in [6.07, 6.45) is 6.65. The number of benzene rings is 1. The van der Waals surface area contributed by atoms with Gasteiger partial charge in [0.2, 0.25) is 0 Å². The third-order valence-electron chi connectivity index (χ3n) is 3.87. The molecule has 1 N–H and O–H groups in total. The summed E-state index contributed by atoms with van der Waals surface area (Å²) in [6.45, 7) is 1.93. The zero-order valence-corrected chi connectivity index (χ0v) is 11.1. The van der Waals surface area contributed by atoms with Crippen LogP contribution in [0.25, 0.3) is 0 Å². The van der Waals surface area contributed by atoms with E-state index < -0.39 is 6.10 Å².